The van der Waals surface area contributed by atoms with Crippen LogP contribution in [-0.4, -0.2) is 57.3 Å². The predicted octanol–water partition coefficient (Wildman–Crippen LogP) is 3.90. The molecule has 3 aromatic rings. The van der Waals surface area contributed by atoms with Gasteiger partial charge >= 0.3 is 5.97 Å². The highest BCUT2D eigenvalue weighted by Gasteiger charge is 2.24. The highest BCUT2D eigenvalue weighted by atomic mass is 19.1. The summed E-state index contributed by atoms with van der Waals surface area (Å²) in [6, 6.07) is 8.60. The van der Waals surface area contributed by atoms with Crippen LogP contribution >= 0.6 is 0 Å². The molecule has 1 fully saturated rings. The Morgan fingerprint density at radius 2 is 1.78 bits per heavy atom. The van der Waals surface area contributed by atoms with Gasteiger partial charge in [-0.3, -0.25) is 4.90 Å². The summed E-state index contributed by atoms with van der Waals surface area (Å²) in [7, 11) is 0. The number of benzene rings is 2. The fourth-order valence-electron chi connectivity index (χ4n) is 4.16. The van der Waals surface area contributed by atoms with Crippen LogP contribution in [0.5, 0.6) is 11.5 Å². The van der Waals surface area contributed by atoms with E-state index >= 15 is 0 Å². The van der Waals surface area contributed by atoms with Gasteiger partial charge in [0.25, 0.3) is 0 Å². The number of carboxylic acids is 1. The predicted molar refractivity (Wildman–Crippen MR) is 117 cm³/mol. The van der Waals surface area contributed by atoms with Gasteiger partial charge in [-0.2, -0.15) is 4.39 Å². The molecule has 1 aromatic heterocycles. The number of ether oxygens (including phenoxy) is 2. The number of rotatable bonds is 8. The number of hydrogen-bond donors (Lipinski definition) is 1. The maximum Gasteiger partial charge on any atom is 0.335 e. The minimum absolute atomic E-state index is 0.193. The molecular formula is C23H27FN4O4. The monoisotopic (exact) mass is 442 g/mol. The fraction of sp³-hybridized carbons (Fsp3) is 0.435. The first-order valence-electron chi connectivity index (χ1n) is 10.9. The minimum Gasteiger partial charge on any atom is -0.491 e. The zero-order valence-corrected chi connectivity index (χ0v) is 18.3. The Labute approximate surface area is 185 Å². The molecular weight excluding hydrogens is 415 g/mol. The van der Waals surface area contributed by atoms with Crippen molar-refractivity contribution >= 4 is 17.0 Å². The standard InChI is InChI=1S/C23H27FN4O4/c1-3-31-20-11-15(12-21(22(20)24)32-4-2)14-27-9-7-17(8-10-27)28-19-6-5-16(23(29)30)13-18(19)25-26-28/h5-6,11-13,17H,3-4,7-10,14H2,1-2H3,(H,29,30). The van der Waals surface area contributed by atoms with E-state index in [0.717, 1.165) is 37.0 Å². The second-order valence-corrected chi connectivity index (χ2v) is 7.82. The topological polar surface area (TPSA) is 89.7 Å². The van der Waals surface area contributed by atoms with E-state index in [1.54, 1.807) is 30.3 Å². The zero-order chi connectivity index (χ0) is 22.7. The lowest BCUT2D eigenvalue weighted by atomic mass is 10.0. The highest BCUT2D eigenvalue weighted by Crippen LogP contribution is 2.31. The Bertz CT molecular complexity index is 1080. The Morgan fingerprint density at radius 1 is 1.12 bits per heavy atom. The van der Waals surface area contributed by atoms with Crippen molar-refractivity contribution in [2.75, 3.05) is 26.3 Å². The van der Waals surface area contributed by atoms with E-state index in [2.05, 4.69) is 15.2 Å². The van der Waals surface area contributed by atoms with Gasteiger partial charge < -0.3 is 14.6 Å². The average molecular weight is 442 g/mol. The van der Waals surface area contributed by atoms with Crippen LogP contribution in [0.4, 0.5) is 4.39 Å². The van der Waals surface area contributed by atoms with Crippen molar-refractivity contribution in [1.82, 2.24) is 19.9 Å². The molecule has 9 heteroatoms. The van der Waals surface area contributed by atoms with Crippen molar-refractivity contribution in [3.8, 4) is 11.5 Å². The van der Waals surface area contributed by atoms with E-state index in [-0.39, 0.29) is 23.1 Å². The summed E-state index contributed by atoms with van der Waals surface area (Å²) in [6.07, 6.45) is 1.77. The van der Waals surface area contributed by atoms with Gasteiger partial charge in [0.1, 0.15) is 5.52 Å². The number of aromatic nitrogens is 3. The number of likely N-dealkylation sites (tertiary alicyclic amines) is 1. The van der Waals surface area contributed by atoms with E-state index < -0.39 is 11.8 Å². The molecule has 4 rings (SSSR count). The number of piperidine rings is 1. The normalized spacial score (nSPS) is 15.2. The number of fused-ring (bicyclic) bond motifs is 1. The van der Waals surface area contributed by atoms with Gasteiger partial charge in [-0.25, -0.2) is 9.48 Å². The molecule has 1 N–H and O–H groups in total. The van der Waals surface area contributed by atoms with Gasteiger partial charge in [0.15, 0.2) is 11.5 Å². The molecule has 0 spiro atoms. The van der Waals surface area contributed by atoms with Crippen LogP contribution in [0.3, 0.4) is 0 Å². The summed E-state index contributed by atoms with van der Waals surface area (Å²) >= 11 is 0. The second kappa shape index (κ2) is 9.52. The van der Waals surface area contributed by atoms with Gasteiger partial charge in [-0.15, -0.1) is 5.10 Å². The summed E-state index contributed by atoms with van der Waals surface area (Å²) in [5, 5.41) is 17.6. The quantitative estimate of drug-likeness (QED) is 0.566. The number of hydrogen-bond acceptors (Lipinski definition) is 6. The molecule has 32 heavy (non-hydrogen) atoms. The molecule has 0 amide bonds. The van der Waals surface area contributed by atoms with Crippen LogP contribution in [-0.2, 0) is 6.54 Å². The molecule has 8 nitrogen and oxygen atoms in total. The Hall–Kier alpha value is -3.20. The van der Waals surface area contributed by atoms with Crippen molar-refractivity contribution in [2.45, 2.75) is 39.3 Å². The number of carbonyl (C=O) groups is 1. The molecule has 0 saturated carbocycles. The summed E-state index contributed by atoms with van der Waals surface area (Å²) in [6.45, 7) is 6.80. The maximum atomic E-state index is 14.5. The van der Waals surface area contributed by atoms with E-state index in [4.69, 9.17) is 14.6 Å². The van der Waals surface area contributed by atoms with Gasteiger partial charge in [0.2, 0.25) is 5.82 Å². The van der Waals surface area contributed by atoms with Crippen molar-refractivity contribution < 1.29 is 23.8 Å². The van der Waals surface area contributed by atoms with Crippen LogP contribution in [0.25, 0.3) is 11.0 Å². The summed E-state index contributed by atoms with van der Waals surface area (Å²) in [5.41, 5.74) is 2.58. The van der Waals surface area contributed by atoms with Crippen molar-refractivity contribution in [3.63, 3.8) is 0 Å². The van der Waals surface area contributed by atoms with E-state index in [1.165, 1.54) is 0 Å². The van der Waals surface area contributed by atoms with Gasteiger partial charge in [-0.05, 0) is 62.6 Å². The summed E-state index contributed by atoms with van der Waals surface area (Å²) in [5.74, 6) is -0.993. The maximum absolute atomic E-state index is 14.5. The Morgan fingerprint density at radius 3 is 2.38 bits per heavy atom. The lowest BCUT2D eigenvalue weighted by molar-refractivity contribution is 0.0697. The van der Waals surface area contributed by atoms with Crippen LogP contribution in [0.15, 0.2) is 30.3 Å². The second-order valence-electron chi connectivity index (χ2n) is 7.82. The number of nitrogens with zero attached hydrogens (tertiary/aromatic N) is 4. The average Bonchev–Trinajstić information content (AvgIpc) is 3.21. The molecule has 0 radical (unpaired) electrons. The molecule has 2 heterocycles. The Balaban J connectivity index is 1.44. The van der Waals surface area contributed by atoms with Crippen LogP contribution in [0.2, 0.25) is 0 Å². The van der Waals surface area contributed by atoms with Gasteiger partial charge in [0, 0.05) is 19.6 Å². The van der Waals surface area contributed by atoms with Gasteiger partial charge in [-0.1, -0.05) is 5.21 Å². The molecule has 2 aromatic carbocycles. The molecule has 1 saturated heterocycles. The first-order chi connectivity index (χ1) is 15.5. The lowest BCUT2D eigenvalue weighted by Crippen LogP contribution is -2.34. The fourth-order valence-corrected chi connectivity index (χ4v) is 4.16. The summed E-state index contributed by atoms with van der Waals surface area (Å²) in [4.78, 5) is 13.5. The minimum atomic E-state index is -0.976. The third kappa shape index (κ3) is 4.52. The number of halogens is 1. The van der Waals surface area contributed by atoms with Gasteiger partial charge in [0.05, 0.1) is 30.3 Å². The first kappa shape index (κ1) is 22.0. The summed E-state index contributed by atoms with van der Waals surface area (Å²) < 4.78 is 27.3. The van der Waals surface area contributed by atoms with E-state index in [0.29, 0.717) is 25.3 Å². The van der Waals surface area contributed by atoms with Crippen LogP contribution in [0, 0.1) is 5.82 Å². The Kier molecular flexibility index (Phi) is 6.55. The lowest BCUT2D eigenvalue weighted by Gasteiger charge is -2.32. The zero-order valence-electron chi connectivity index (χ0n) is 18.3. The number of carboxylic acid groups (broad SMARTS) is 1. The van der Waals surface area contributed by atoms with Crippen molar-refractivity contribution in [2.24, 2.45) is 0 Å². The smallest absolute Gasteiger partial charge is 0.335 e. The van der Waals surface area contributed by atoms with Crippen molar-refractivity contribution in [3.05, 3.63) is 47.3 Å². The molecule has 0 bridgehead atoms. The molecule has 0 aliphatic carbocycles. The molecule has 1 aliphatic rings. The van der Waals surface area contributed by atoms with E-state index in [9.17, 15) is 9.18 Å². The highest BCUT2D eigenvalue weighted by molar-refractivity contribution is 5.92. The van der Waals surface area contributed by atoms with E-state index in [1.807, 2.05) is 18.5 Å². The SMILES string of the molecule is CCOc1cc(CN2CCC(n3nnc4cc(C(=O)O)ccc43)CC2)cc(OCC)c1F. The third-order valence-corrected chi connectivity index (χ3v) is 5.69. The third-order valence-electron chi connectivity index (χ3n) is 5.69. The van der Waals surface area contributed by atoms with Crippen LogP contribution < -0.4 is 9.47 Å². The molecule has 1 aliphatic heterocycles. The largest absolute Gasteiger partial charge is 0.491 e. The molecule has 0 unspecified atom stereocenters. The van der Waals surface area contributed by atoms with Crippen molar-refractivity contribution in [1.29, 1.82) is 0 Å². The molecule has 0 atom stereocenters. The molecule has 170 valence electrons. The number of aromatic carboxylic acids is 1. The van der Waals surface area contributed by atoms with Crippen LogP contribution in [0.1, 0.15) is 48.7 Å². The first-order valence-corrected chi connectivity index (χ1v) is 10.9.